The van der Waals surface area contributed by atoms with E-state index in [0.717, 1.165) is 23.6 Å². The lowest BCUT2D eigenvalue weighted by molar-refractivity contribution is 0.416. The van der Waals surface area contributed by atoms with Gasteiger partial charge in [-0.2, -0.15) is 5.10 Å². The molecule has 2 aromatic rings. The minimum atomic E-state index is 0.162. The second-order valence-electron chi connectivity index (χ2n) is 4.69. The molecule has 0 aliphatic carbocycles. The number of hydrogen-bond donors (Lipinski definition) is 1. The van der Waals surface area contributed by atoms with Crippen molar-refractivity contribution in [2.24, 2.45) is 0 Å². The number of aromatic nitrogens is 3. The van der Waals surface area contributed by atoms with Crippen molar-refractivity contribution in [3.63, 3.8) is 0 Å². The highest BCUT2D eigenvalue weighted by Gasteiger charge is 2.05. The number of likely N-dealkylation sites (N-methyl/N-ethyl adjacent to an activating group) is 1. The molecule has 1 aromatic carbocycles. The minimum Gasteiger partial charge on any atom is -0.458 e. The molecule has 6 heteroatoms. The molecule has 1 aliphatic rings. The fourth-order valence-corrected chi connectivity index (χ4v) is 1.93. The Morgan fingerprint density at radius 1 is 1.24 bits per heavy atom. The SMILES string of the molecule is CN1C=CC(Oc2ccc(-c3cnnc(N)n3)cc2)=CC1. The molecule has 0 saturated carbocycles. The van der Waals surface area contributed by atoms with Crippen LogP contribution in [0, 0.1) is 0 Å². The van der Waals surface area contributed by atoms with Crippen LogP contribution in [0.3, 0.4) is 0 Å². The Kier molecular flexibility index (Phi) is 3.51. The molecule has 0 unspecified atom stereocenters. The van der Waals surface area contributed by atoms with Crippen molar-refractivity contribution >= 4 is 5.95 Å². The van der Waals surface area contributed by atoms with Crippen molar-refractivity contribution < 1.29 is 4.74 Å². The highest BCUT2D eigenvalue weighted by atomic mass is 16.5. The number of nitrogens with two attached hydrogens (primary N) is 1. The van der Waals surface area contributed by atoms with Crippen LogP contribution in [-0.2, 0) is 0 Å². The van der Waals surface area contributed by atoms with Crippen molar-refractivity contribution in [3.8, 4) is 17.0 Å². The standard InChI is InChI=1S/C15H15N5O/c1-20-8-6-13(7-9-20)21-12-4-2-11(3-5-12)14-10-17-19-15(16)18-14/h2-8,10H,9H2,1H3,(H2,16,18,19). The first-order chi connectivity index (χ1) is 10.2. The van der Waals surface area contributed by atoms with E-state index in [9.17, 15) is 0 Å². The summed E-state index contributed by atoms with van der Waals surface area (Å²) in [4.78, 5) is 6.20. The summed E-state index contributed by atoms with van der Waals surface area (Å²) < 4.78 is 5.79. The molecule has 0 bridgehead atoms. The van der Waals surface area contributed by atoms with Crippen molar-refractivity contribution in [3.05, 3.63) is 54.6 Å². The van der Waals surface area contributed by atoms with Gasteiger partial charge in [-0.25, -0.2) is 4.98 Å². The largest absolute Gasteiger partial charge is 0.458 e. The van der Waals surface area contributed by atoms with Crippen LogP contribution in [0.1, 0.15) is 0 Å². The van der Waals surface area contributed by atoms with Gasteiger partial charge in [0.15, 0.2) is 0 Å². The number of nitrogens with zero attached hydrogens (tertiary/aromatic N) is 4. The third-order valence-electron chi connectivity index (χ3n) is 3.03. The summed E-state index contributed by atoms with van der Waals surface area (Å²) in [7, 11) is 2.01. The first-order valence-electron chi connectivity index (χ1n) is 6.53. The van der Waals surface area contributed by atoms with Gasteiger partial charge in [0, 0.05) is 25.4 Å². The van der Waals surface area contributed by atoms with E-state index in [-0.39, 0.29) is 5.95 Å². The van der Waals surface area contributed by atoms with E-state index in [2.05, 4.69) is 20.1 Å². The third-order valence-corrected chi connectivity index (χ3v) is 3.03. The lowest BCUT2D eigenvalue weighted by atomic mass is 10.1. The lowest BCUT2D eigenvalue weighted by Crippen LogP contribution is -2.15. The summed E-state index contributed by atoms with van der Waals surface area (Å²) in [6, 6.07) is 7.61. The molecule has 3 rings (SSSR count). The number of rotatable bonds is 3. The Morgan fingerprint density at radius 3 is 2.71 bits per heavy atom. The van der Waals surface area contributed by atoms with Gasteiger partial charge in [-0.05, 0) is 36.4 Å². The average molecular weight is 281 g/mol. The van der Waals surface area contributed by atoms with Crippen LogP contribution in [0.5, 0.6) is 5.75 Å². The van der Waals surface area contributed by atoms with E-state index < -0.39 is 0 Å². The van der Waals surface area contributed by atoms with Crippen LogP contribution in [0.2, 0.25) is 0 Å². The van der Waals surface area contributed by atoms with Crippen molar-refractivity contribution in [1.29, 1.82) is 0 Å². The topological polar surface area (TPSA) is 77.2 Å². The second-order valence-corrected chi connectivity index (χ2v) is 4.69. The summed E-state index contributed by atoms with van der Waals surface area (Å²) in [5.74, 6) is 1.78. The van der Waals surface area contributed by atoms with Gasteiger partial charge < -0.3 is 15.4 Å². The molecule has 0 fully saturated rings. The van der Waals surface area contributed by atoms with Gasteiger partial charge in [0.2, 0.25) is 5.95 Å². The average Bonchev–Trinajstić information content (AvgIpc) is 2.50. The summed E-state index contributed by atoms with van der Waals surface area (Å²) in [5.41, 5.74) is 7.13. The van der Waals surface area contributed by atoms with Gasteiger partial charge in [-0.15, -0.1) is 5.10 Å². The van der Waals surface area contributed by atoms with Crippen LogP contribution in [-0.4, -0.2) is 33.7 Å². The molecule has 1 aliphatic heterocycles. The number of allylic oxidation sites excluding steroid dienone is 1. The molecular formula is C15H15N5O. The van der Waals surface area contributed by atoms with E-state index in [0.29, 0.717) is 5.69 Å². The highest BCUT2D eigenvalue weighted by Crippen LogP contribution is 2.22. The zero-order valence-corrected chi connectivity index (χ0v) is 11.6. The Balaban J connectivity index is 1.74. The molecule has 0 radical (unpaired) electrons. The van der Waals surface area contributed by atoms with E-state index in [4.69, 9.17) is 10.5 Å². The fourth-order valence-electron chi connectivity index (χ4n) is 1.93. The normalized spacial score (nSPS) is 14.0. The Bertz CT molecular complexity index is 693. The molecule has 106 valence electrons. The number of ether oxygens (including phenoxy) is 1. The van der Waals surface area contributed by atoms with Crippen LogP contribution in [0.4, 0.5) is 5.95 Å². The number of nitrogen functional groups attached to an aromatic ring is 1. The molecule has 6 nitrogen and oxygen atoms in total. The zero-order valence-electron chi connectivity index (χ0n) is 11.6. The monoisotopic (exact) mass is 281 g/mol. The van der Waals surface area contributed by atoms with Crippen LogP contribution < -0.4 is 10.5 Å². The maximum atomic E-state index is 5.79. The predicted molar refractivity (Wildman–Crippen MR) is 80.2 cm³/mol. The Labute approximate surface area is 122 Å². The highest BCUT2D eigenvalue weighted by molar-refractivity contribution is 5.59. The second kappa shape index (κ2) is 5.62. The number of anilines is 1. The van der Waals surface area contributed by atoms with Crippen LogP contribution in [0.15, 0.2) is 54.6 Å². The molecule has 0 spiro atoms. The molecule has 2 N–H and O–H groups in total. The lowest BCUT2D eigenvalue weighted by Gasteiger charge is -2.17. The van der Waals surface area contributed by atoms with Crippen molar-refractivity contribution in [1.82, 2.24) is 20.1 Å². The quantitative estimate of drug-likeness (QED) is 0.925. The Morgan fingerprint density at radius 2 is 2.05 bits per heavy atom. The molecule has 0 atom stereocenters. The van der Waals surface area contributed by atoms with Gasteiger partial charge in [0.05, 0.1) is 11.9 Å². The summed E-state index contributed by atoms with van der Waals surface area (Å²) >= 11 is 0. The van der Waals surface area contributed by atoms with Gasteiger partial charge in [0.25, 0.3) is 0 Å². The Hall–Kier alpha value is -2.89. The molecular weight excluding hydrogens is 266 g/mol. The summed E-state index contributed by atoms with van der Waals surface area (Å²) in [6.45, 7) is 0.843. The fraction of sp³-hybridized carbons (Fsp3) is 0.133. The van der Waals surface area contributed by atoms with Crippen LogP contribution >= 0.6 is 0 Å². The van der Waals surface area contributed by atoms with E-state index in [1.165, 1.54) is 0 Å². The molecule has 0 saturated heterocycles. The minimum absolute atomic E-state index is 0.162. The first kappa shape index (κ1) is 13.1. The molecule has 0 amide bonds. The van der Waals surface area contributed by atoms with Crippen molar-refractivity contribution in [2.45, 2.75) is 0 Å². The maximum Gasteiger partial charge on any atom is 0.240 e. The summed E-state index contributed by atoms with van der Waals surface area (Å²) in [6.07, 6.45) is 7.53. The molecule has 21 heavy (non-hydrogen) atoms. The van der Waals surface area contributed by atoms with Crippen LogP contribution in [0.25, 0.3) is 11.3 Å². The van der Waals surface area contributed by atoms with E-state index in [1.54, 1.807) is 6.20 Å². The van der Waals surface area contributed by atoms with E-state index in [1.807, 2.05) is 49.7 Å². The smallest absolute Gasteiger partial charge is 0.240 e. The first-order valence-corrected chi connectivity index (χ1v) is 6.53. The molecule has 2 heterocycles. The van der Waals surface area contributed by atoms with Gasteiger partial charge in [-0.1, -0.05) is 0 Å². The number of hydrogen-bond acceptors (Lipinski definition) is 6. The number of benzene rings is 1. The van der Waals surface area contributed by atoms with Gasteiger partial charge >= 0.3 is 0 Å². The zero-order chi connectivity index (χ0) is 14.7. The maximum absolute atomic E-state index is 5.79. The molecule has 1 aromatic heterocycles. The van der Waals surface area contributed by atoms with Crippen molar-refractivity contribution in [2.75, 3.05) is 19.3 Å². The van der Waals surface area contributed by atoms with Gasteiger partial charge in [0.1, 0.15) is 11.5 Å². The summed E-state index contributed by atoms with van der Waals surface area (Å²) in [5, 5.41) is 7.43. The third kappa shape index (κ3) is 3.17. The predicted octanol–water partition coefficient (Wildman–Crippen LogP) is 1.84. The van der Waals surface area contributed by atoms with Gasteiger partial charge in [-0.3, -0.25) is 0 Å². The van der Waals surface area contributed by atoms with E-state index >= 15 is 0 Å².